The molecule has 0 aliphatic rings. The predicted molar refractivity (Wildman–Crippen MR) is 63.9 cm³/mol. The van der Waals surface area contributed by atoms with Gasteiger partial charge >= 0.3 is 8.80 Å². The van der Waals surface area contributed by atoms with Crippen molar-refractivity contribution in [2.45, 2.75) is 34.1 Å². The lowest BCUT2D eigenvalue weighted by molar-refractivity contribution is -0.120. The normalized spacial score (nSPS) is 11.5. The van der Waals surface area contributed by atoms with Crippen molar-refractivity contribution < 1.29 is 18.1 Å². The van der Waals surface area contributed by atoms with E-state index in [9.17, 15) is 4.79 Å². The first-order valence-electron chi connectivity index (χ1n) is 5.82. The third-order valence-corrected chi connectivity index (χ3v) is 4.71. The molecule has 0 aromatic rings. The van der Waals surface area contributed by atoms with Crippen LogP contribution < -0.4 is 5.32 Å². The number of carbonyl (C=O) groups excluding carboxylic acids is 1. The molecule has 6 heteroatoms. The zero-order valence-corrected chi connectivity index (χ0v) is 11.7. The minimum atomic E-state index is -2.71. The fourth-order valence-electron chi connectivity index (χ4n) is 1.27. The lowest BCUT2D eigenvalue weighted by atomic mass is 10.5. The van der Waals surface area contributed by atoms with Gasteiger partial charge in [-0.15, -0.1) is 0 Å². The molecule has 0 bridgehead atoms. The molecule has 0 fully saturated rings. The molecule has 0 atom stereocenters. The molecule has 0 aromatic carbocycles. The summed E-state index contributed by atoms with van der Waals surface area (Å²) in [4.78, 5) is 11.2. The van der Waals surface area contributed by atoms with Crippen molar-refractivity contribution in [3.63, 3.8) is 0 Å². The average molecular weight is 249 g/mol. The maximum Gasteiger partial charge on any atom is 0.521 e. The summed E-state index contributed by atoms with van der Waals surface area (Å²) in [5, 5.41) is 2.78. The van der Waals surface area contributed by atoms with Gasteiger partial charge in [-0.1, -0.05) is 6.92 Å². The van der Waals surface area contributed by atoms with E-state index in [0.717, 1.165) is 0 Å². The van der Waals surface area contributed by atoms with Crippen molar-refractivity contribution in [2.24, 2.45) is 0 Å². The minimum absolute atomic E-state index is 0.0176. The van der Waals surface area contributed by atoms with E-state index in [2.05, 4.69) is 5.32 Å². The first kappa shape index (κ1) is 15.6. The Kier molecular flexibility index (Phi) is 8.45. The smallest absolute Gasteiger partial charge is 0.373 e. The van der Waals surface area contributed by atoms with Crippen LogP contribution in [0.5, 0.6) is 0 Å². The second-order valence-corrected chi connectivity index (χ2v) is 5.70. The van der Waals surface area contributed by atoms with Crippen LogP contribution in [0.25, 0.3) is 0 Å². The van der Waals surface area contributed by atoms with Crippen LogP contribution >= 0.6 is 0 Å². The van der Waals surface area contributed by atoms with Crippen molar-refractivity contribution >= 4 is 14.7 Å². The largest absolute Gasteiger partial charge is 0.521 e. The van der Waals surface area contributed by atoms with Crippen molar-refractivity contribution in [3.8, 4) is 0 Å². The number of rotatable bonds is 9. The van der Waals surface area contributed by atoms with E-state index < -0.39 is 8.80 Å². The quantitative estimate of drug-likeness (QED) is 0.622. The Balaban J connectivity index is 4.39. The highest BCUT2D eigenvalue weighted by Gasteiger charge is 2.40. The van der Waals surface area contributed by atoms with Crippen LogP contribution in [0.2, 0.25) is 0 Å². The minimum Gasteiger partial charge on any atom is -0.373 e. The third-order valence-electron chi connectivity index (χ3n) is 1.92. The van der Waals surface area contributed by atoms with Gasteiger partial charge in [-0.25, -0.2) is 0 Å². The molecule has 0 spiro atoms. The summed E-state index contributed by atoms with van der Waals surface area (Å²) < 4.78 is 16.8. The molecule has 16 heavy (non-hydrogen) atoms. The summed E-state index contributed by atoms with van der Waals surface area (Å²) >= 11 is 0. The Hall–Kier alpha value is -0.433. The van der Waals surface area contributed by atoms with Gasteiger partial charge in [0.05, 0.1) is 6.17 Å². The van der Waals surface area contributed by atoms with Gasteiger partial charge in [-0.3, -0.25) is 4.79 Å². The maximum atomic E-state index is 11.2. The van der Waals surface area contributed by atoms with Gasteiger partial charge < -0.3 is 18.6 Å². The van der Waals surface area contributed by atoms with Gasteiger partial charge in [0.15, 0.2) is 0 Å². The summed E-state index contributed by atoms with van der Waals surface area (Å²) in [6.45, 7) is 9.04. The monoisotopic (exact) mass is 249 g/mol. The van der Waals surface area contributed by atoms with Crippen LogP contribution in [0.15, 0.2) is 0 Å². The number of amides is 1. The number of hydrogen-bond acceptors (Lipinski definition) is 4. The highest BCUT2D eigenvalue weighted by Crippen LogP contribution is 2.08. The summed E-state index contributed by atoms with van der Waals surface area (Å²) in [5.74, 6) is -0.0176. The molecule has 5 nitrogen and oxygen atoms in total. The first-order chi connectivity index (χ1) is 7.64. The molecule has 0 aromatic heterocycles. The highest BCUT2D eigenvalue weighted by molar-refractivity contribution is 6.61. The second-order valence-electron chi connectivity index (χ2n) is 3.11. The fraction of sp³-hybridized carbons (Fsp3) is 0.900. The Labute approximate surface area is 98.8 Å². The molecule has 0 saturated heterocycles. The van der Waals surface area contributed by atoms with Crippen molar-refractivity contribution in [1.82, 2.24) is 5.32 Å². The second kappa shape index (κ2) is 8.69. The molecule has 96 valence electrons. The topological polar surface area (TPSA) is 56.8 Å². The highest BCUT2D eigenvalue weighted by atomic mass is 28.4. The van der Waals surface area contributed by atoms with Crippen LogP contribution in [-0.4, -0.2) is 40.7 Å². The molecule has 0 heterocycles. The molecule has 0 aliphatic carbocycles. The van der Waals surface area contributed by atoms with E-state index in [4.69, 9.17) is 13.3 Å². The zero-order valence-electron chi connectivity index (χ0n) is 10.7. The standard InChI is InChI=1S/C10H23NO4Si/c1-5-10(12)11-9-16(13-6-2,14-7-3)15-8-4/h5-9H2,1-4H3,(H,11,12). The van der Waals surface area contributed by atoms with Gasteiger partial charge in [-0.2, -0.15) is 0 Å². The van der Waals surface area contributed by atoms with E-state index >= 15 is 0 Å². The molecule has 0 rings (SSSR count). The lowest BCUT2D eigenvalue weighted by Gasteiger charge is -2.28. The molecule has 1 N–H and O–H groups in total. The Morgan fingerprint density at radius 2 is 1.44 bits per heavy atom. The maximum absolute atomic E-state index is 11.2. The molecule has 0 aliphatic heterocycles. The summed E-state index contributed by atoms with van der Waals surface area (Å²) in [6, 6.07) is 0. The molecule has 0 unspecified atom stereocenters. The Morgan fingerprint density at radius 3 is 1.75 bits per heavy atom. The van der Waals surface area contributed by atoms with Crippen LogP contribution in [0.4, 0.5) is 0 Å². The summed E-state index contributed by atoms with van der Waals surface area (Å²) in [6.07, 6.45) is 0.796. The van der Waals surface area contributed by atoms with Crippen LogP contribution in [0.3, 0.4) is 0 Å². The molecule has 0 radical (unpaired) electrons. The van der Waals surface area contributed by atoms with Crippen molar-refractivity contribution in [3.05, 3.63) is 0 Å². The van der Waals surface area contributed by atoms with Crippen molar-refractivity contribution in [2.75, 3.05) is 26.0 Å². The van der Waals surface area contributed by atoms with Gasteiger partial charge in [0.1, 0.15) is 0 Å². The number of hydrogen-bond donors (Lipinski definition) is 1. The Morgan fingerprint density at radius 1 is 1.00 bits per heavy atom. The van der Waals surface area contributed by atoms with Crippen LogP contribution in [0.1, 0.15) is 34.1 Å². The van der Waals surface area contributed by atoms with Gasteiger partial charge in [0.2, 0.25) is 5.91 Å². The SMILES string of the molecule is CCO[Si](CNC(=O)CC)(OCC)OCC. The third kappa shape index (κ3) is 5.60. The van der Waals surface area contributed by atoms with Gasteiger partial charge in [0, 0.05) is 26.2 Å². The van der Waals surface area contributed by atoms with Gasteiger partial charge in [0.25, 0.3) is 0 Å². The molecular formula is C10H23NO4Si. The predicted octanol–water partition coefficient (Wildman–Crippen LogP) is 1.10. The van der Waals surface area contributed by atoms with Crippen LogP contribution in [0, 0.1) is 0 Å². The molecule has 1 amide bonds. The van der Waals surface area contributed by atoms with Crippen molar-refractivity contribution in [1.29, 1.82) is 0 Å². The van der Waals surface area contributed by atoms with E-state index in [1.54, 1.807) is 6.92 Å². The fourth-order valence-corrected chi connectivity index (χ4v) is 3.56. The first-order valence-corrected chi connectivity index (χ1v) is 7.75. The average Bonchev–Trinajstić information content (AvgIpc) is 2.27. The zero-order chi connectivity index (χ0) is 12.4. The van der Waals surface area contributed by atoms with E-state index in [1.807, 2.05) is 20.8 Å². The summed E-state index contributed by atoms with van der Waals surface area (Å²) in [5.41, 5.74) is 0. The lowest BCUT2D eigenvalue weighted by Crippen LogP contribution is -2.55. The van der Waals surface area contributed by atoms with E-state index in [-0.39, 0.29) is 5.91 Å². The molecule has 0 saturated carbocycles. The molecular weight excluding hydrogens is 226 g/mol. The Bertz CT molecular complexity index is 184. The number of carbonyl (C=O) groups is 1. The van der Waals surface area contributed by atoms with E-state index in [1.165, 1.54) is 0 Å². The van der Waals surface area contributed by atoms with Gasteiger partial charge in [-0.05, 0) is 20.8 Å². The number of nitrogens with one attached hydrogen (secondary N) is 1. The summed E-state index contributed by atoms with van der Waals surface area (Å²) in [7, 11) is -2.71. The van der Waals surface area contributed by atoms with E-state index in [0.29, 0.717) is 32.4 Å². The van der Waals surface area contributed by atoms with Crippen LogP contribution in [-0.2, 0) is 18.1 Å².